The molecule has 0 saturated heterocycles. The minimum atomic E-state index is 1.27. The number of rotatable bonds is 5. The smallest absolute Gasteiger partial charge is 0.0146 e. The SMILES string of the molecule is CCCCCCC1=CCSC1. The van der Waals surface area contributed by atoms with Crippen LogP contribution in [0.3, 0.4) is 0 Å². The van der Waals surface area contributed by atoms with Crippen molar-refractivity contribution in [3.63, 3.8) is 0 Å². The Balaban J connectivity index is 1.94. The second-order valence-electron chi connectivity index (χ2n) is 3.19. The summed E-state index contributed by atoms with van der Waals surface area (Å²) in [6.45, 7) is 2.27. The molecule has 1 heteroatoms. The molecule has 0 radical (unpaired) electrons. The van der Waals surface area contributed by atoms with E-state index in [0.29, 0.717) is 0 Å². The third-order valence-corrected chi connectivity index (χ3v) is 3.11. The van der Waals surface area contributed by atoms with E-state index < -0.39 is 0 Å². The number of hydrogen-bond acceptors (Lipinski definition) is 1. The highest BCUT2D eigenvalue weighted by atomic mass is 32.2. The van der Waals surface area contributed by atoms with Gasteiger partial charge in [-0.15, -0.1) is 0 Å². The van der Waals surface area contributed by atoms with Crippen LogP contribution in [0, 0.1) is 0 Å². The average Bonchev–Trinajstić information content (AvgIpc) is 2.50. The van der Waals surface area contributed by atoms with Gasteiger partial charge in [-0.2, -0.15) is 11.8 Å². The highest BCUT2D eigenvalue weighted by molar-refractivity contribution is 7.99. The molecule has 1 rings (SSSR count). The summed E-state index contributed by atoms with van der Waals surface area (Å²) in [4.78, 5) is 0. The predicted molar refractivity (Wildman–Crippen MR) is 54.2 cm³/mol. The Bertz CT molecular complexity index is 127. The lowest BCUT2D eigenvalue weighted by Gasteiger charge is -1.99. The summed E-state index contributed by atoms with van der Waals surface area (Å²) in [6, 6.07) is 0. The highest BCUT2D eigenvalue weighted by Crippen LogP contribution is 2.21. The summed E-state index contributed by atoms with van der Waals surface area (Å²) in [6.07, 6.45) is 9.40. The van der Waals surface area contributed by atoms with Gasteiger partial charge < -0.3 is 0 Å². The van der Waals surface area contributed by atoms with Crippen molar-refractivity contribution in [2.45, 2.75) is 39.0 Å². The van der Waals surface area contributed by atoms with Gasteiger partial charge in [-0.1, -0.05) is 37.8 Å². The average molecular weight is 170 g/mol. The van der Waals surface area contributed by atoms with Gasteiger partial charge in [0.25, 0.3) is 0 Å². The first-order chi connectivity index (χ1) is 5.43. The second-order valence-corrected chi connectivity index (χ2v) is 4.22. The summed E-state index contributed by atoms with van der Waals surface area (Å²) in [7, 11) is 0. The van der Waals surface area contributed by atoms with E-state index in [9.17, 15) is 0 Å². The first kappa shape index (κ1) is 9.18. The van der Waals surface area contributed by atoms with E-state index in [1.54, 1.807) is 5.57 Å². The van der Waals surface area contributed by atoms with Crippen molar-refractivity contribution in [3.8, 4) is 0 Å². The fraction of sp³-hybridized carbons (Fsp3) is 0.800. The molecule has 0 aromatic carbocycles. The van der Waals surface area contributed by atoms with Gasteiger partial charge >= 0.3 is 0 Å². The van der Waals surface area contributed by atoms with Crippen LogP contribution in [0.15, 0.2) is 11.6 Å². The second kappa shape index (κ2) is 5.70. The molecule has 0 aromatic rings. The van der Waals surface area contributed by atoms with Gasteiger partial charge in [0, 0.05) is 11.5 Å². The van der Waals surface area contributed by atoms with Crippen molar-refractivity contribution >= 4 is 11.8 Å². The van der Waals surface area contributed by atoms with Crippen molar-refractivity contribution in [1.29, 1.82) is 0 Å². The third kappa shape index (κ3) is 3.85. The Morgan fingerprint density at radius 2 is 2.27 bits per heavy atom. The Hall–Kier alpha value is 0.0900. The Kier molecular flexibility index (Phi) is 4.76. The zero-order valence-electron chi connectivity index (χ0n) is 7.44. The van der Waals surface area contributed by atoms with Crippen LogP contribution in [-0.4, -0.2) is 11.5 Å². The van der Waals surface area contributed by atoms with Crippen molar-refractivity contribution in [1.82, 2.24) is 0 Å². The van der Waals surface area contributed by atoms with Crippen molar-refractivity contribution in [3.05, 3.63) is 11.6 Å². The zero-order chi connectivity index (χ0) is 7.94. The molecular formula is C10H18S. The van der Waals surface area contributed by atoms with Crippen LogP contribution in [0.4, 0.5) is 0 Å². The Morgan fingerprint density at radius 1 is 1.36 bits per heavy atom. The molecule has 11 heavy (non-hydrogen) atoms. The van der Waals surface area contributed by atoms with Gasteiger partial charge in [0.05, 0.1) is 0 Å². The van der Waals surface area contributed by atoms with Crippen LogP contribution >= 0.6 is 11.8 Å². The summed E-state index contributed by atoms with van der Waals surface area (Å²) in [5, 5.41) is 0. The van der Waals surface area contributed by atoms with Crippen LogP contribution in [0.1, 0.15) is 39.0 Å². The van der Waals surface area contributed by atoms with Crippen molar-refractivity contribution in [2.75, 3.05) is 11.5 Å². The van der Waals surface area contributed by atoms with Gasteiger partial charge in [0.1, 0.15) is 0 Å². The third-order valence-electron chi connectivity index (χ3n) is 2.13. The van der Waals surface area contributed by atoms with Crippen molar-refractivity contribution in [2.24, 2.45) is 0 Å². The lowest BCUT2D eigenvalue weighted by molar-refractivity contribution is 0.665. The van der Waals surface area contributed by atoms with E-state index in [1.165, 1.54) is 43.6 Å². The molecule has 0 saturated carbocycles. The van der Waals surface area contributed by atoms with Gasteiger partial charge in [-0.05, 0) is 12.8 Å². The Labute approximate surface area is 74.5 Å². The fourth-order valence-corrected chi connectivity index (χ4v) is 2.37. The molecule has 0 spiro atoms. The van der Waals surface area contributed by atoms with Crippen LogP contribution < -0.4 is 0 Å². The lowest BCUT2D eigenvalue weighted by atomic mass is 10.1. The monoisotopic (exact) mass is 170 g/mol. The molecule has 0 aromatic heterocycles. The molecule has 0 N–H and O–H groups in total. The minimum absolute atomic E-state index is 1.27. The number of thioether (sulfide) groups is 1. The highest BCUT2D eigenvalue weighted by Gasteiger charge is 2.03. The minimum Gasteiger partial charge on any atom is -0.153 e. The molecule has 0 atom stereocenters. The first-order valence-electron chi connectivity index (χ1n) is 4.69. The maximum atomic E-state index is 2.41. The molecule has 1 heterocycles. The quantitative estimate of drug-likeness (QED) is 0.448. The molecule has 0 fully saturated rings. The topological polar surface area (TPSA) is 0 Å². The van der Waals surface area contributed by atoms with E-state index in [4.69, 9.17) is 0 Å². The molecule has 0 amide bonds. The van der Waals surface area contributed by atoms with Gasteiger partial charge in [0.15, 0.2) is 0 Å². The summed E-state index contributed by atoms with van der Waals surface area (Å²) in [5.41, 5.74) is 1.70. The fourth-order valence-electron chi connectivity index (χ4n) is 1.38. The summed E-state index contributed by atoms with van der Waals surface area (Å²) in [5.74, 6) is 2.58. The predicted octanol–water partition coefficient (Wildman–Crippen LogP) is 3.63. The molecule has 1 aliphatic rings. The maximum Gasteiger partial charge on any atom is 0.0146 e. The standard InChI is InChI=1S/C10H18S/c1-2-3-4-5-6-10-7-8-11-9-10/h7H,2-6,8-9H2,1H3. The maximum absolute atomic E-state index is 2.41. The van der Waals surface area contributed by atoms with Crippen LogP contribution in [-0.2, 0) is 0 Å². The zero-order valence-corrected chi connectivity index (χ0v) is 8.25. The van der Waals surface area contributed by atoms with Crippen molar-refractivity contribution < 1.29 is 0 Å². The molecule has 0 bridgehead atoms. The summed E-state index contributed by atoms with van der Waals surface area (Å²) >= 11 is 2.05. The van der Waals surface area contributed by atoms with E-state index in [2.05, 4.69) is 24.8 Å². The van der Waals surface area contributed by atoms with Gasteiger partial charge in [-0.25, -0.2) is 0 Å². The van der Waals surface area contributed by atoms with Crippen LogP contribution in [0.5, 0.6) is 0 Å². The van der Waals surface area contributed by atoms with Crippen LogP contribution in [0.25, 0.3) is 0 Å². The van der Waals surface area contributed by atoms with Gasteiger partial charge in [0.2, 0.25) is 0 Å². The molecule has 1 aliphatic heterocycles. The van der Waals surface area contributed by atoms with E-state index in [-0.39, 0.29) is 0 Å². The molecule has 0 unspecified atom stereocenters. The Morgan fingerprint density at radius 3 is 2.91 bits per heavy atom. The van der Waals surface area contributed by atoms with Crippen LogP contribution in [0.2, 0.25) is 0 Å². The normalized spacial score (nSPS) is 17.0. The van der Waals surface area contributed by atoms with E-state index in [0.717, 1.165) is 0 Å². The summed E-state index contributed by atoms with van der Waals surface area (Å²) < 4.78 is 0. The molecule has 0 aliphatic carbocycles. The molecule has 0 nitrogen and oxygen atoms in total. The molecule has 64 valence electrons. The lowest BCUT2D eigenvalue weighted by Crippen LogP contribution is -1.83. The van der Waals surface area contributed by atoms with E-state index in [1.807, 2.05) is 0 Å². The largest absolute Gasteiger partial charge is 0.153 e. The first-order valence-corrected chi connectivity index (χ1v) is 5.84. The van der Waals surface area contributed by atoms with E-state index >= 15 is 0 Å². The number of hydrogen-bond donors (Lipinski definition) is 0. The van der Waals surface area contributed by atoms with Gasteiger partial charge in [-0.3, -0.25) is 0 Å². The molecular weight excluding hydrogens is 152 g/mol. The number of unbranched alkanes of at least 4 members (excludes halogenated alkanes) is 3.